The van der Waals surface area contributed by atoms with E-state index in [0.29, 0.717) is 5.69 Å². The molecule has 2 N–H and O–H groups in total. The van der Waals surface area contributed by atoms with Crippen molar-refractivity contribution < 1.29 is 23.4 Å². The maximum absolute atomic E-state index is 12.5. The third-order valence-corrected chi connectivity index (χ3v) is 6.74. The second-order valence-corrected chi connectivity index (χ2v) is 8.35. The molecule has 2 aromatic rings. The normalized spacial score (nSPS) is 11.3. The van der Waals surface area contributed by atoms with Gasteiger partial charge in [0, 0.05) is 7.05 Å². The fraction of sp³-hybridized carbons (Fsp3) is 0.0833. The summed E-state index contributed by atoms with van der Waals surface area (Å²) in [6.07, 6.45) is 0. The van der Waals surface area contributed by atoms with Crippen LogP contribution in [0, 0.1) is 0 Å². The molecule has 0 atom stereocenters. The van der Waals surface area contributed by atoms with Crippen LogP contribution in [0.1, 0.15) is 9.67 Å². The predicted molar refractivity (Wildman–Crippen MR) is 82.7 cm³/mol. The summed E-state index contributed by atoms with van der Waals surface area (Å²) < 4.78 is 26.3. The van der Waals surface area contributed by atoms with Crippen LogP contribution in [0.4, 0.5) is 5.69 Å². The van der Waals surface area contributed by atoms with Gasteiger partial charge in [0.05, 0.1) is 9.47 Å². The summed E-state index contributed by atoms with van der Waals surface area (Å²) in [5.41, 5.74) is 0.350. The van der Waals surface area contributed by atoms with Gasteiger partial charge in [0.25, 0.3) is 10.0 Å². The number of carboxylic acid groups (broad SMARTS) is 1. The van der Waals surface area contributed by atoms with Crippen molar-refractivity contribution in [2.24, 2.45) is 0 Å². The molecule has 0 amide bonds. The molecule has 0 aliphatic heterocycles. The van der Waals surface area contributed by atoms with Crippen molar-refractivity contribution in [3.8, 4) is 5.75 Å². The average molecular weight is 392 g/mol. The number of aromatic hydroxyl groups is 1. The Kier molecular flexibility index (Phi) is 4.26. The van der Waals surface area contributed by atoms with Crippen LogP contribution in [0.5, 0.6) is 5.75 Å². The molecular weight excluding hydrogens is 382 g/mol. The van der Waals surface area contributed by atoms with Gasteiger partial charge in [0.1, 0.15) is 15.5 Å². The molecule has 1 aromatic heterocycles. The van der Waals surface area contributed by atoms with E-state index in [2.05, 4.69) is 15.9 Å². The van der Waals surface area contributed by atoms with Crippen molar-refractivity contribution in [2.45, 2.75) is 4.90 Å². The minimum atomic E-state index is -3.90. The number of nitrogens with zero attached hydrogens (tertiary/aromatic N) is 1. The van der Waals surface area contributed by atoms with Gasteiger partial charge in [0.15, 0.2) is 0 Å². The number of thiophene rings is 1. The number of aromatic carboxylic acids is 1. The summed E-state index contributed by atoms with van der Waals surface area (Å²) in [6, 6.07) is 6.75. The van der Waals surface area contributed by atoms with Crippen LogP contribution >= 0.6 is 27.3 Å². The quantitative estimate of drug-likeness (QED) is 0.835. The third-order valence-electron chi connectivity index (χ3n) is 2.72. The lowest BCUT2D eigenvalue weighted by Crippen LogP contribution is -2.26. The number of benzene rings is 1. The lowest BCUT2D eigenvalue weighted by molar-refractivity contribution is 0.0702. The molecule has 6 nitrogen and oxygen atoms in total. The highest BCUT2D eigenvalue weighted by Crippen LogP contribution is 2.34. The number of halogens is 1. The highest BCUT2D eigenvalue weighted by atomic mass is 79.9. The molecule has 0 fully saturated rings. The smallest absolute Gasteiger partial charge is 0.345 e. The molecule has 0 unspecified atom stereocenters. The highest BCUT2D eigenvalue weighted by Gasteiger charge is 2.27. The zero-order chi connectivity index (χ0) is 15.8. The fourth-order valence-electron chi connectivity index (χ4n) is 1.58. The summed E-state index contributed by atoms with van der Waals surface area (Å²) in [7, 11) is -2.54. The standard InChI is InChI=1S/C12H10BrNO5S2/c1-14(7-2-4-8(15)5-3-7)21(18,19)10-6-9(12(16)17)20-11(10)13/h2-6,15H,1H3,(H,16,17). The zero-order valence-corrected chi connectivity index (χ0v) is 13.9. The Labute approximate surface area is 133 Å². The molecule has 112 valence electrons. The van der Waals surface area contributed by atoms with Gasteiger partial charge < -0.3 is 10.2 Å². The van der Waals surface area contributed by atoms with E-state index in [4.69, 9.17) is 5.11 Å². The Morgan fingerprint density at radius 1 is 1.29 bits per heavy atom. The van der Waals surface area contributed by atoms with Crippen LogP contribution < -0.4 is 4.31 Å². The third kappa shape index (κ3) is 3.04. The number of anilines is 1. The maximum Gasteiger partial charge on any atom is 0.345 e. The van der Waals surface area contributed by atoms with Crippen molar-refractivity contribution in [3.63, 3.8) is 0 Å². The first kappa shape index (κ1) is 15.8. The maximum atomic E-state index is 12.5. The van der Waals surface area contributed by atoms with Gasteiger partial charge in [-0.1, -0.05) is 0 Å². The van der Waals surface area contributed by atoms with Gasteiger partial charge >= 0.3 is 5.97 Å². The molecular formula is C12H10BrNO5S2. The predicted octanol–water partition coefficient (Wildman–Crippen LogP) is 2.74. The number of phenols is 1. The Balaban J connectivity index is 2.46. The molecule has 0 spiro atoms. The molecule has 1 heterocycles. The summed E-state index contributed by atoms with van der Waals surface area (Å²) in [5, 5.41) is 18.2. The average Bonchev–Trinajstić information content (AvgIpc) is 2.82. The van der Waals surface area contributed by atoms with E-state index in [9.17, 15) is 18.3 Å². The number of rotatable bonds is 4. The molecule has 0 aliphatic carbocycles. The molecule has 2 rings (SSSR count). The molecule has 1 aromatic carbocycles. The van der Waals surface area contributed by atoms with Crippen LogP contribution in [-0.2, 0) is 10.0 Å². The van der Waals surface area contributed by atoms with Crippen molar-refractivity contribution in [1.29, 1.82) is 0 Å². The molecule has 0 saturated heterocycles. The zero-order valence-electron chi connectivity index (χ0n) is 10.6. The Bertz CT molecular complexity index is 782. The lowest BCUT2D eigenvalue weighted by atomic mass is 10.3. The second-order valence-electron chi connectivity index (χ2n) is 4.04. The molecule has 0 radical (unpaired) electrons. The lowest BCUT2D eigenvalue weighted by Gasteiger charge is -2.19. The van der Waals surface area contributed by atoms with Crippen LogP contribution in [0.3, 0.4) is 0 Å². The number of sulfonamides is 1. The fourth-order valence-corrected chi connectivity index (χ4v) is 5.13. The first-order valence-corrected chi connectivity index (χ1v) is 8.59. The summed E-state index contributed by atoms with van der Waals surface area (Å²) >= 11 is 3.92. The monoisotopic (exact) mass is 391 g/mol. The highest BCUT2D eigenvalue weighted by molar-refractivity contribution is 9.11. The van der Waals surface area contributed by atoms with E-state index in [-0.39, 0.29) is 19.3 Å². The first-order chi connectivity index (χ1) is 9.73. The van der Waals surface area contributed by atoms with E-state index in [1.807, 2.05) is 0 Å². The van der Waals surface area contributed by atoms with Gasteiger partial charge in [-0.15, -0.1) is 11.3 Å². The minimum absolute atomic E-state index is 0.0226. The summed E-state index contributed by atoms with van der Waals surface area (Å²) in [4.78, 5) is 10.7. The molecule has 0 bridgehead atoms. The minimum Gasteiger partial charge on any atom is -0.508 e. The van der Waals surface area contributed by atoms with Gasteiger partial charge in [-0.25, -0.2) is 13.2 Å². The molecule has 21 heavy (non-hydrogen) atoms. The molecule has 0 aliphatic rings. The van der Waals surface area contributed by atoms with Crippen LogP contribution in [0.25, 0.3) is 0 Å². The van der Waals surface area contributed by atoms with Gasteiger partial charge in [-0.2, -0.15) is 0 Å². The number of carboxylic acids is 1. The van der Waals surface area contributed by atoms with Crippen molar-refractivity contribution >= 4 is 48.9 Å². The van der Waals surface area contributed by atoms with E-state index in [1.54, 1.807) is 0 Å². The summed E-state index contributed by atoms with van der Waals surface area (Å²) in [5.74, 6) is -1.16. The van der Waals surface area contributed by atoms with Crippen molar-refractivity contribution in [1.82, 2.24) is 0 Å². The Morgan fingerprint density at radius 2 is 1.86 bits per heavy atom. The van der Waals surface area contributed by atoms with Crippen LogP contribution in [0.2, 0.25) is 0 Å². The van der Waals surface area contributed by atoms with E-state index in [0.717, 1.165) is 21.7 Å². The van der Waals surface area contributed by atoms with Crippen LogP contribution in [0.15, 0.2) is 39.0 Å². The number of hydrogen-bond acceptors (Lipinski definition) is 5. The number of hydrogen-bond donors (Lipinski definition) is 2. The van der Waals surface area contributed by atoms with Gasteiger partial charge in [-0.3, -0.25) is 4.31 Å². The Morgan fingerprint density at radius 3 is 2.33 bits per heavy atom. The van der Waals surface area contributed by atoms with Crippen molar-refractivity contribution in [3.05, 3.63) is 39.0 Å². The van der Waals surface area contributed by atoms with Gasteiger partial charge in [0.2, 0.25) is 0 Å². The first-order valence-electron chi connectivity index (χ1n) is 5.54. The number of phenolic OH excluding ortho intramolecular Hbond substituents is 1. The summed E-state index contributed by atoms with van der Waals surface area (Å²) in [6.45, 7) is 0. The Hall–Kier alpha value is -1.58. The molecule has 0 saturated carbocycles. The van der Waals surface area contributed by atoms with E-state index in [1.165, 1.54) is 31.3 Å². The van der Waals surface area contributed by atoms with E-state index < -0.39 is 16.0 Å². The largest absolute Gasteiger partial charge is 0.508 e. The second kappa shape index (κ2) is 5.66. The number of carbonyl (C=O) groups is 1. The topological polar surface area (TPSA) is 94.9 Å². The SMILES string of the molecule is CN(c1ccc(O)cc1)S(=O)(=O)c1cc(C(=O)O)sc1Br. The molecule has 9 heteroatoms. The van der Waals surface area contributed by atoms with Crippen molar-refractivity contribution in [2.75, 3.05) is 11.4 Å². The van der Waals surface area contributed by atoms with E-state index >= 15 is 0 Å². The van der Waals surface area contributed by atoms with Crippen LogP contribution in [-0.4, -0.2) is 31.6 Å². The van der Waals surface area contributed by atoms with Gasteiger partial charge in [-0.05, 0) is 46.3 Å².